The van der Waals surface area contributed by atoms with Gasteiger partial charge >= 0.3 is 0 Å². The predicted molar refractivity (Wildman–Crippen MR) is 83.9 cm³/mol. The zero-order chi connectivity index (χ0) is 15.4. The van der Waals surface area contributed by atoms with Gasteiger partial charge in [0.1, 0.15) is 10.9 Å². The normalized spacial score (nSPS) is 17.7. The van der Waals surface area contributed by atoms with Gasteiger partial charge in [-0.3, -0.25) is 9.78 Å². The van der Waals surface area contributed by atoms with Gasteiger partial charge in [0.05, 0.1) is 11.7 Å². The van der Waals surface area contributed by atoms with Crippen LogP contribution in [-0.2, 0) is 17.9 Å². The second-order valence-corrected chi connectivity index (χ2v) is 6.15. The average Bonchev–Trinajstić information content (AvgIpc) is 3.15. The van der Waals surface area contributed by atoms with Gasteiger partial charge in [-0.25, -0.2) is 0 Å². The van der Waals surface area contributed by atoms with Crippen LogP contribution < -0.4 is 5.32 Å². The number of amides is 1. The van der Waals surface area contributed by atoms with Crippen molar-refractivity contribution in [3.05, 3.63) is 52.0 Å². The van der Waals surface area contributed by atoms with Crippen LogP contribution in [0.4, 0.5) is 0 Å². The van der Waals surface area contributed by atoms with Crippen LogP contribution >= 0.6 is 11.3 Å². The number of hydrogen-bond donors (Lipinski definition) is 1. The molecule has 3 rings (SSSR count). The summed E-state index contributed by atoms with van der Waals surface area (Å²) in [5, 5.41) is 14.1. The first-order chi connectivity index (χ1) is 10.8. The lowest BCUT2D eigenvalue weighted by molar-refractivity contribution is -0.129. The van der Waals surface area contributed by atoms with Crippen LogP contribution in [0.25, 0.3) is 0 Å². The minimum atomic E-state index is -0.143. The molecule has 1 atom stereocenters. The highest BCUT2D eigenvalue weighted by Crippen LogP contribution is 2.19. The second kappa shape index (κ2) is 6.69. The van der Waals surface area contributed by atoms with Crippen LogP contribution in [-0.4, -0.2) is 28.4 Å². The molecule has 0 aromatic carbocycles. The fourth-order valence-corrected chi connectivity index (χ4v) is 3.25. The Labute approximate surface area is 133 Å². The van der Waals surface area contributed by atoms with Crippen molar-refractivity contribution in [3.8, 4) is 6.07 Å². The van der Waals surface area contributed by atoms with E-state index >= 15 is 0 Å². The largest absolute Gasteiger partial charge is 0.337 e. The summed E-state index contributed by atoms with van der Waals surface area (Å²) in [7, 11) is 0. The van der Waals surface area contributed by atoms with E-state index in [4.69, 9.17) is 5.26 Å². The van der Waals surface area contributed by atoms with Crippen LogP contribution in [0.5, 0.6) is 0 Å². The quantitative estimate of drug-likeness (QED) is 0.915. The standard InChI is InChI=1S/C16H16N4OS/c17-8-14-7-12(11-22-14)10-20-6-4-15(16(20)21)19-9-13-3-1-2-5-18-13/h1-3,5,7,11,15,19H,4,6,9-10H2/t15-/m0/s1. The van der Waals surface area contributed by atoms with Crippen LogP contribution in [0, 0.1) is 11.3 Å². The van der Waals surface area contributed by atoms with Crippen molar-refractivity contribution in [1.29, 1.82) is 5.26 Å². The van der Waals surface area contributed by atoms with Crippen LogP contribution in [0.1, 0.15) is 22.6 Å². The summed E-state index contributed by atoms with van der Waals surface area (Å²) in [6.07, 6.45) is 2.56. The summed E-state index contributed by atoms with van der Waals surface area (Å²) in [5.41, 5.74) is 1.96. The Balaban J connectivity index is 1.54. The van der Waals surface area contributed by atoms with E-state index in [-0.39, 0.29) is 11.9 Å². The number of nitriles is 1. The van der Waals surface area contributed by atoms with E-state index in [1.54, 1.807) is 6.20 Å². The number of carbonyl (C=O) groups is 1. The number of rotatable bonds is 5. The number of pyridine rings is 1. The molecule has 1 N–H and O–H groups in total. The number of nitrogens with one attached hydrogen (secondary N) is 1. The molecule has 1 aliphatic heterocycles. The topological polar surface area (TPSA) is 69.0 Å². The summed E-state index contributed by atoms with van der Waals surface area (Å²) in [4.78, 5) is 19.2. The predicted octanol–water partition coefficient (Wildman–Crippen LogP) is 1.91. The Morgan fingerprint density at radius 3 is 3.14 bits per heavy atom. The van der Waals surface area contributed by atoms with Crippen LogP contribution in [0.2, 0.25) is 0 Å². The van der Waals surface area contributed by atoms with Crippen LogP contribution in [0.3, 0.4) is 0 Å². The summed E-state index contributed by atoms with van der Waals surface area (Å²) in [6.45, 7) is 1.93. The van der Waals surface area contributed by atoms with Gasteiger partial charge in [0, 0.05) is 25.8 Å². The molecule has 1 saturated heterocycles. The average molecular weight is 312 g/mol. The lowest BCUT2D eigenvalue weighted by Crippen LogP contribution is -2.37. The molecule has 22 heavy (non-hydrogen) atoms. The molecule has 0 radical (unpaired) electrons. The number of likely N-dealkylation sites (tertiary alicyclic amines) is 1. The van der Waals surface area contributed by atoms with E-state index in [1.807, 2.05) is 34.5 Å². The highest BCUT2D eigenvalue weighted by atomic mass is 32.1. The molecular formula is C16H16N4OS. The second-order valence-electron chi connectivity index (χ2n) is 5.23. The molecule has 0 spiro atoms. The third-order valence-electron chi connectivity index (χ3n) is 3.69. The van der Waals surface area contributed by atoms with E-state index < -0.39 is 0 Å². The van der Waals surface area contributed by atoms with Gasteiger partial charge in [-0.15, -0.1) is 11.3 Å². The minimum absolute atomic E-state index is 0.126. The van der Waals surface area contributed by atoms with E-state index in [9.17, 15) is 4.79 Å². The zero-order valence-corrected chi connectivity index (χ0v) is 12.8. The summed E-state index contributed by atoms with van der Waals surface area (Å²) < 4.78 is 0. The van der Waals surface area contributed by atoms with Gasteiger partial charge in [0.2, 0.25) is 5.91 Å². The molecule has 6 heteroatoms. The fourth-order valence-electron chi connectivity index (χ4n) is 2.55. The molecule has 112 valence electrons. The zero-order valence-electron chi connectivity index (χ0n) is 12.0. The third-order valence-corrected chi connectivity index (χ3v) is 4.57. The maximum atomic E-state index is 12.4. The molecule has 0 unspecified atom stereocenters. The number of hydrogen-bond acceptors (Lipinski definition) is 5. The van der Waals surface area contributed by atoms with E-state index in [2.05, 4.69) is 16.4 Å². The lowest BCUT2D eigenvalue weighted by Gasteiger charge is -2.16. The number of aromatic nitrogens is 1. The Bertz CT molecular complexity index is 692. The molecule has 1 aliphatic rings. The van der Waals surface area contributed by atoms with Crippen molar-refractivity contribution >= 4 is 17.2 Å². The smallest absolute Gasteiger partial charge is 0.240 e. The molecule has 5 nitrogen and oxygen atoms in total. The maximum absolute atomic E-state index is 12.4. The molecule has 2 aromatic heterocycles. The first-order valence-electron chi connectivity index (χ1n) is 7.16. The molecule has 1 amide bonds. The van der Waals surface area contributed by atoms with Gasteiger partial charge in [-0.05, 0) is 35.6 Å². The number of thiophene rings is 1. The highest BCUT2D eigenvalue weighted by Gasteiger charge is 2.31. The van der Waals surface area contributed by atoms with Crippen molar-refractivity contribution in [1.82, 2.24) is 15.2 Å². The van der Waals surface area contributed by atoms with Gasteiger partial charge in [-0.2, -0.15) is 5.26 Å². The summed E-state index contributed by atoms with van der Waals surface area (Å²) in [6, 6.07) is 9.60. The molecular weight excluding hydrogens is 296 g/mol. The molecule has 2 aromatic rings. The maximum Gasteiger partial charge on any atom is 0.240 e. The molecule has 3 heterocycles. The van der Waals surface area contributed by atoms with Crippen molar-refractivity contribution < 1.29 is 4.79 Å². The SMILES string of the molecule is N#Cc1cc(CN2CC[C@H](NCc3ccccn3)C2=O)cs1. The van der Waals surface area contributed by atoms with Gasteiger partial charge in [0.25, 0.3) is 0 Å². The lowest BCUT2D eigenvalue weighted by atomic mass is 10.2. The van der Waals surface area contributed by atoms with E-state index in [0.29, 0.717) is 18.0 Å². The fraction of sp³-hybridized carbons (Fsp3) is 0.312. The highest BCUT2D eigenvalue weighted by molar-refractivity contribution is 7.10. The van der Waals surface area contributed by atoms with Crippen molar-refractivity contribution in [2.75, 3.05) is 6.54 Å². The third kappa shape index (κ3) is 3.32. The first kappa shape index (κ1) is 14.7. The van der Waals surface area contributed by atoms with Gasteiger partial charge in [0.15, 0.2) is 0 Å². The first-order valence-corrected chi connectivity index (χ1v) is 8.04. The molecule has 0 aliphatic carbocycles. The Kier molecular flexibility index (Phi) is 4.47. The Morgan fingerprint density at radius 1 is 1.50 bits per heavy atom. The summed E-state index contributed by atoms with van der Waals surface area (Å²) in [5.74, 6) is 0.126. The van der Waals surface area contributed by atoms with Crippen molar-refractivity contribution in [2.45, 2.75) is 25.6 Å². The number of nitrogens with zero attached hydrogens (tertiary/aromatic N) is 3. The van der Waals surface area contributed by atoms with E-state index in [0.717, 1.165) is 24.2 Å². The van der Waals surface area contributed by atoms with Crippen molar-refractivity contribution in [3.63, 3.8) is 0 Å². The minimum Gasteiger partial charge on any atom is -0.337 e. The van der Waals surface area contributed by atoms with E-state index in [1.165, 1.54) is 11.3 Å². The van der Waals surface area contributed by atoms with Gasteiger partial charge in [-0.1, -0.05) is 6.07 Å². The monoisotopic (exact) mass is 312 g/mol. The molecule has 0 saturated carbocycles. The van der Waals surface area contributed by atoms with Gasteiger partial charge < -0.3 is 10.2 Å². The molecule has 1 fully saturated rings. The van der Waals surface area contributed by atoms with Crippen LogP contribution in [0.15, 0.2) is 35.8 Å². The summed E-state index contributed by atoms with van der Waals surface area (Å²) >= 11 is 1.42. The number of carbonyl (C=O) groups excluding carboxylic acids is 1. The van der Waals surface area contributed by atoms with Crippen molar-refractivity contribution in [2.24, 2.45) is 0 Å². The Morgan fingerprint density at radius 2 is 2.41 bits per heavy atom. The Hall–Kier alpha value is -2.23. The molecule has 0 bridgehead atoms.